The predicted molar refractivity (Wildman–Crippen MR) is 41.4 cm³/mol. The molecule has 74 valence electrons. The second-order valence-electron chi connectivity index (χ2n) is 2.41. The molecule has 0 amide bonds. The molecule has 0 saturated heterocycles. The van der Waals surface area contributed by atoms with E-state index >= 15 is 0 Å². The topological polar surface area (TPSA) is 112 Å². The molecule has 0 aliphatic rings. The summed E-state index contributed by atoms with van der Waals surface area (Å²) in [5.41, 5.74) is 0. The summed E-state index contributed by atoms with van der Waals surface area (Å²) in [4.78, 5) is 41.5. The van der Waals surface area contributed by atoms with Crippen LogP contribution in [0, 0.1) is 0 Å². The maximum Gasteiger partial charge on any atom is 1.00 e. The fourth-order valence-electron chi connectivity index (χ4n) is 0.792. The van der Waals surface area contributed by atoms with Crippen LogP contribution in [0.4, 0.5) is 0 Å². The van der Waals surface area contributed by atoms with Crippen LogP contribution in [0.2, 0.25) is 0 Å². The van der Waals surface area contributed by atoms with Gasteiger partial charge in [-0.3, -0.25) is 0 Å². The summed E-state index contributed by atoms with van der Waals surface area (Å²) in [6.07, 6.45) is 0.988. The van der Waals surface area contributed by atoms with Crippen LogP contribution in [0.25, 0.3) is 0 Å². The van der Waals surface area contributed by atoms with Gasteiger partial charge in [0.25, 0.3) is 0 Å². The standard InChI is InChI=1S/C5H12O5P2.2Na/c6-4-2-1-3-5(11(7)8)12(9)10;;/h5-6,11-12H,1-4H2;;/q-2;2*+1. The average Bonchev–Trinajstić information content (AvgIpc) is 1.96. The first kappa shape index (κ1) is 21.9. The zero-order valence-corrected chi connectivity index (χ0v) is 14.5. The van der Waals surface area contributed by atoms with Crippen LogP contribution < -0.4 is 78.7 Å². The second-order valence-corrected chi connectivity index (χ2v) is 5.66. The van der Waals surface area contributed by atoms with E-state index in [0.717, 1.165) is 0 Å². The number of hydrogen-bond acceptors (Lipinski definition) is 5. The number of unbranched alkanes of at least 4 members (excludes halogenated alkanes) is 1. The van der Waals surface area contributed by atoms with E-state index in [2.05, 4.69) is 0 Å². The molecule has 0 bridgehead atoms. The summed E-state index contributed by atoms with van der Waals surface area (Å²) in [5.74, 6) is 0. The van der Waals surface area contributed by atoms with Gasteiger partial charge >= 0.3 is 59.1 Å². The smallest absolute Gasteiger partial charge is 0.682 e. The molecule has 0 rings (SSSR count). The number of aliphatic hydroxyl groups is 1. The average molecular weight is 260 g/mol. The van der Waals surface area contributed by atoms with Crippen molar-refractivity contribution >= 4 is 16.8 Å². The molecule has 0 aliphatic heterocycles. The van der Waals surface area contributed by atoms with E-state index in [1.165, 1.54) is 0 Å². The van der Waals surface area contributed by atoms with Crippen molar-refractivity contribution in [3.8, 4) is 0 Å². The van der Waals surface area contributed by atoms with Crippen LogP contribution >= 0.6 is 16.8 Å². The Hall–Kier alpha value is 2.66. The Kier molecular flexibility index (Phi) is 21.5. The van der Waals surface area contributed by atoms with Crippen molar-refractivity contribution in [1.29, 1.82) is 0 Å². The molecule has 0 aromatic carbocycles. The summed E-state index contributed by atoms with van der Waals surface area (Å²) in [6.45, 7) is -0.0354. The SMILES string of the molecule is [Na+].[Na+].[O-][PH+]([O-])C(CCCCO)[PH+]([O-])[O-]. The molecule has 0 aromatic rings. The molecule has 0 atom stereocenters. The number of rotatable bonds is 6. The van der Waals surface area contributed by atoms with E-state index < -0.39 is 22.2 Å². The van der Waals surface area contributed by atoms with Crippen LogP contribution in [0.1, 0.15) is 19.3 Å². The summed E-state index contributed by atoms with van der Waals surface area (Å²) in [6, 6.07) is 0. The largest absolute Gasteiger partial charge is 1.00 e. The number of hydrogen-bond donors (Lipinski definition) is 1. The minimum absolute atomic E-state index is 0. The van der Waals surface area contributed by atoms with Crippen molar-refractivity contribution in [2.75, 3.05) is 6.61 Å². The monoisotopic (exact) mass is 260 g/mol. The van der Waals surface area contributed by atoms with Crippen LogP contribution in [0.3, 0.4) is 0 Å². The summed E-state index contributed by atoms with van der Waals surface area (Å²) >= 11 is 0. The Labute approximate surface area is 130 Å². The van der Waals surface area contributed by atoms with Gasteiger partial charge in [-0.05, 0) is 12.8 Å². The maximum absolute atomic E-state index is 10.4. The molecule has 0 fully saturated rings. The van der Waals surface area contributed by atoms with Crippen LogP contribution in [0.15, 0.2) is 0 Å². The van der Waals surface area contributed by atoms with E-state index in [1.807, 2.05) is 0 Å². The summed E-state index contributed by atoms with van der Waals surface area (Å²) in [7, 11) is -6.43. The van der Waals surface area contributed by atoms with E-state index in [9.17, 15) is 19.6 Å². The van der Waals surface area contributed by atoms with Crippen molar-refractivity contribution in [3.63, 3.8) is 0 Å². The van der Waals surface area contributed by atoms with Gasteiger partial charge in [-0.25, -0.2) is 0 Å². The Morgan fingerprint density at radius 3 is 1.64 bits per heavy atom. The molecular weight excluding hydrogens is 248 g/mol. The molecule has 5 nitrogen and oxygen atoms in total. The van der Waals surface area contributed by atoms with Crippen LogP contribution in [-0.4, -0.2) is 17.1 Å². The molecule has 0 aliphatic carbocycles. The predicted octanol–water partition coefficient (Wildman–Crippen LogP) is -8.99. The third-order valence-electron chi connectivity index (χ3n) is 1.47. The van der Waals surface area contributed by atoms with E-state index in [4.69, 9.17) is 5.11 Å². The quantitative estimate of drug-likeness (QED) is 0.289. The Morgan fingerprint density at radius 2 is 1.36 bits per heavy atom. The molecule has 1 N–H and O–H groups in total. The summed E-state index contributed by atoms with van der Waals surface area (Å²) in [5, 5.41) is 7.17. The molecule has 0 spiro atoms. The zero-order chi connectivity index (χ0) is 9.56. The normalized spacial score (nSPS) is 10.3. The third-order valence-corrected chi connectivity index (χ3v) is 4.60. The summed E-state index contributed by atoms with van der Waals surface area (Å²) < 4.78 is 0. The molecular formula is C5H12Na2O5P2. The van der Waals surface area contributed by atoms with Gasteiger partial charge < -0.3 is 24.7 Å². The van der Waals surface area contributed by atoms with Crippen molar-refractivity contribution in [2.45, 2.75) is 24.7 Å². The maximum atomic E-state index is 10.4. The molecule has 0 radical (unpaired) electrons. The molecule has 9 heteroatoms. The minimum atomic E-state index is -3.21. The van der Waals surface area contributed by atoms with Gasteiger partial charge in [0.2, 0.25) is 0 Å². The Bertz CT molecular complexity index is 110. The molecule has 0 aromatic heterocycles. The molecule has 0 unspecified atom stereocenters. The van der Waals surface area contributed by atoms with Crippen molar-refractivity contribution < 1.29 is 83.8 Å². The zero-order valence-electron chi connectivity index (χ0n) is 8.49. The first-order chi connectivity index (χ1) is 5.59. The number of aliphatic hydroxyl groups excluding tert-OH is 1. The minimum Gasteiger partial charge on any atom is -0.682 e. The van der Waals surface area contributed by atoms with E-state index in [1.54, 1.807) is 0 Å². The van der Waals surface area contributed by atoms with Gasteiger partial charge in [-0.15, -0.1) is 0 Å². The first-order valence-electron chi connectivity index (χ1n) is 3.62. The fourth-order valence-corrected chi connectivity index (χ4v) is 2.44. The van der Waals surface area contributed by atoms with Gasteiger partial charge in [0.15, 0.2) is 0 Å². The van der Waals surface area contributed by atoms with Crippen molar-refractivity contribution in [3.05, 3.63) is 0 Å². The van der Waals surface area contributed by atoms with E-state index in [-0.39, 0.29) is 72.1 Å². The van der Waals surface area contributed by atoms with E-state index in [0.29, 0.717) is 12.8 Å². The van der Waals surface area contributed by atoms with Gasteiger partial charge in [-0.2, -0.15) is 0 Å². The first-order valence-corrected chi connectivity index (χ1v) is 6.41. The Balaban J connectivity index is -0.000000605. The van der Waals surface area contributed by atoms with Gasteiger partial charge in [0, 0.05) is 13.0 Å². The van der Waals surface area contributed by atoms with Crippen molar-refractivity contribution in [1.82, 2.24) is 0 Å². The molecule has 0 saturated carbocycles. The fraction of sp³-hybridized carbons (Fsp3) is 1.00. The van der Waals surface area contributed by atoms with Gasteiger partial charge in [-0.1, -0.05) is 16.8 Å². The molecule has 14 heavy (non-hydrogen) atoms. The Morgan fingerprint density at radius 1 is 0.929 bits per heavy atom. The molecule has 0 heterocycles. The third kappa shape index (κ3) is 11.2. The van der Waals surface area contributed by atoms with Crippen LogP contribution in [0.5, 0.6) is 0 Å². The van der Waals surface area contributed by atoms with Crippen molar-refractivity contribution in [2.24, 2.45) is 0 Å². The second kappa shape index (κ2) is 13.7. The van der Waals surface area contributed by atoms with Crippen LogP contribution in [-0.2, 0) is 0 Å². The van der Waals surface area contributed by atoms with Gasteiger partial charge in [0.05, 0.1) is 0 Å². The van der Waals surface area contributed by atoms with Gasteiger partial charge in [0.1, 0.15) is 5.40 Å².